The van der Waals surface area contributed by atoms with Crippen molar-refractivity contribution in [2.24, 2.45) is 5.73 Å². The summed E-state index contributed by atoms with van der Waals surface area (Å²) in [6.07, 6.45) is 3.40. The Morgan fingerprint density at radius 1 is 1.53 bits per heavy atom. The number of hydrogen-bond acceptors (Lipinski definition) is 3. The van der Waals surface area contributed by atoms with Crippen molar-refractivity contribution < 1.29 is 14.3 Å². The molecule has 17 heavy (non-hydrogen) atoms. The van der Waals surface area contributed by atoms with E-state index >= 15 is 0 Å². The third kappa shape index (κ3) is 2.15. The average Bonchev–Trinajstić information content (AvgIpc) is 2.30. The highest BCUT2D eigenvalue weighted by molar-refractivity contribution is 5.80. The van der Waals surface area contributed by atoms with Crippen LogP contribution in [0.15, 0.2) is 18.3 Å². The Bertz CT molecular complexity index is 428. The summed E-state index contributed by atoms with van der Waals surface area (Å²) in [5, 5.41) is 9.42. The summed E-state index contributed by atoms with van der Waals surface area (Å²) in [5.41, 5.74) is 5.01. The maximum atomic E-state index is 13.2. The maximum absolute atomic E-state index is 13.2. The van der Waals surface area contributed by atoms with Crippen molar-refractivity contribution in [3.8, 4) is 0 Å². The van der Waals surface area contributed by atoms with Crippen molar-refractivity contribution in [2.45, 2.75) is 37.1 Å². The SMILES string of the molecule is NC1CCC(C(=O)O)(c2cc(F)ccn2)CC1. The van der Waals surface area contributed by atoms with Gasteiger partial charge in [0.2, 0.25) is 0 Å². The first-order valence-corrected chi connectivity index (χ1v) is 5.65. The van der Waals surface area contributed by atoms with Crippen LogP contribution in [0.4, 0.5) is 4.39 Å². The molecule has 0 aromatic carbocycles. The number of halogens is 1. The normalized spacial score (nSPS) is 28.9. The largest absolute Gasteiger partial charge is 0.481 e. The predicted molar refractivity (Wildman–Crippen MR) is 60.0 cm³/mol. The molecule has 0 amide bonds. The zero-order valence-corrected chi connectivity index (χ0v) is 9.40. The number of rotatable bonds is 2. The summed E-state index contributed by atoms with van der Waals surface area (Å²) >= 11 is 0. The highest BCUT2D eigenvalue weighted by Gasteiger charge is 2.44. The summed E-state index contributed by atoms with van der Waals surface area (Å²) < 4.78 is 13.2. The number of pyridine rings is 1. The van der Waals surface area contributed by atoms with Gasteiger partial charge in [-0.2, -0.15) is 0 Å². The van der Waals surface area contributed by atoms with Gasteiger partial charge in [0, 0.05) is 12.2 Å². The van der Waals surface area contributed by atoms with E-state index in [1.54, 1.807) is 0 Å². The molecule has 4 nitrogen and oxygen atoms in total. The van der Waals surface area contributed by atoms with Crippen LogP contribution in [0.1, 0.15) is 31.4 Å². The molecule has 3 N–H and O–H groups in total. The van der Waals surface area contributed by atoms with E-state index in [2.05, 4.69) is 4.98 Å². The molecule has 0 saturated heterocycles. The van der Waals surface area contributed by atoms with Crippen molar-refractivity contribution in [3.05, 3.63) is 29.8 Å². The van der Waals surface area contributed by atoms with E-state index < -0.39 is 17.2 Å². The van der Waals surface area contributed by atoms with Crippen molar-refractivity contribution in [1.29, 1.82) is 0 Å². The molecule has 1 heterocycles. The maximum Gasteiger partial charge on any atom is 0.315 e. The van der Waals surface area contributed by atoms with Crippen LogP contribution in [0.25, 0.3) is 0 Å². The summed E-state index contributed by atoms with van der Waals surface area (Å²) in [6.45, 7) is 0. The van der Waals surface area contributed by atoms with Gasteiger partial charge in [-0.25, -0.2) is 4.39 Å². The molecular formula is C12H15FN2O2. The smallest absolute Gasteiger partial charge is 0.315 e. The van der Waals surface area contributed by atoms with Crippen molar-refractivity contribution in [1.82, 2.24) is 4.98 Å². The number of carboxylic acids is 1. The predicted octanol–water partition coefficient (Wildman–Crippen LogP) is 1.44. The molecule has 0 bridgehead atoms. The number of nitrogens with zero attached hydrogens (tertiary/aromatic N) is 1. The van der Waals surface area contributed by atoms with Gasteiger partial charge in [0.05, 0.1) is 5.69 Å². The molecule has 0 aliphatic heterocycles. The quantitative estimate of drug-likeness (QED) is 0.817. The molecule has 1 aliphatic rings. The highest BCUT2D eigenvalue weighted by atomic mass is 19.1. The lowest BCUT2D eigenvalue weighted by atomic mass is 9.70. The Hall–Kier alpha value is -1.49. The van der Waals surface area contributed by atoms with Crippen LogP contribution >= 0.6 is 0 Å². The average molecular weight is 238 g/mol. The zero-order chi connectivity index (χ0) is 12.5. The third-order valence-electron chi connectivity index (χ3n) is 3.51. The van der Waals surface area contributed by atoms with Crippen molar-refractivity contribution in [2.75, 3.05) is 0 Å². The Morgan fingerprint density at radius 2 is 2.18 bits per heavy atom. The van der Waals surface area contributed by atoms with Crippen LogP contribution < -0.4 is 5.73 Å². The minimum Gasteiger partial charge on any atom is -0.481 e. The Morgan fingerprint density at radius 3 is 2.71 bits per heavy atom. The first-order valence-electron chi connectivity index (χ1n) is 5.65. The summed E-state index contributed by atoms with van der Waals surface area (Å²) in [7, 11) is 0. The van der Waals surface area contributed by atoms with Crippen LogP contribution in [0.2, 0.25) is 0 Å². The van der Waals surface area contributed by atoms with E-state index in [1.165, 1.54) is 18.3 Å². The Balaban J connectivity index is 2.38. The molecule has 92 valence electrons. The topological polar surface area (TPSA) is 76.2 Å². The van der Waals surface area contributed by atoms with E-state index in [1.807, 2.05) is 0 Å². The zero-order valence-electron chi connectivity index (χ0n) is 9.40. The molecule has 1 aromatic rings. The molecule has 0 unspecified atom stereocenters. The van der Waals surface area contributed by atoms with Crippen LogP contribution in [0.5, 0.6) is 0 Å². The van der Waals surface area contributed by atoms with Gasteiger partial charge in [-0.3, -0.25) is 9.78 Å². The van der Waals surface area contributed by atoms with Crippen LogP contribution in [0, 0.1) is 5.82 Å². The molecule has 1 aliphatic carbocycles. The number of carbonyl (C=O) groups is 1. The fraction of sp³-hybridized carbons (Fsp3) is 0.500. The second kappa shape index (κ2) is 4.41. The van der Waals surface area contributed by atoms with Crippen molar-refractivity contribution >= 4 is 5.97 Å². The third-order valence-corrected chi connectivity index (χ3v) is 3.51. The van der Waals surface area contributed by atoms with E-state index in [9.17, 15) is 14.3 Å². The second-order valence-corrected chi connectivity index (χ2v) is 4.58. The fourth-order valence-corrected chi connectivity index (χ4v) is 2.38. The Labute approximate surface area is 98.7 Å². The van der Waals surface area contributed by atoms with Gasteiger partial charge in [-0.15, -0.1) is 0 Å². The van der Waals surface area contributed by atoms with E-state index in [-0.39, 0.29) is 6.04 Å². The number of aliphatic carboxylic acids is 1. The van der Waals surface area contributed by atoms with Crippen LogP contribution in [-0.2, 0) is 10.2 Å². The highest BCUT2D eigenvalue weighted by Crippen LogP contribution is 2.38. The second-order valence-electron chi connectivity index (χ2n) is 4.58. The van der Waals surface area contributed by atoms with Gasteiger partial charge < -0.3 is 10.8 Å². The van der Waals surface area contributed by atoms with Gasteiger partial charge in [0.15, 0.2) is 0 Å². The molecule has 2 rings (SSSR count). The molecular weight excluding hydrogens is 223 g/mol. The number of carboxylic acid groups (broad SMARTS) is 1. The molecule has 5 heteroatoms. The lowest BCUT2D eigenvalue weighted by Gasteiger charge is -2.35. The summed E-state index contributed by atoms with van der Waals surface area (Å²) in [4.78, 5) is 15.5. The van der Waals surface area contributed by atoms with Crippen LogP contribution in [0.3, 0.4) is 0 Å². The fourth-order valence-electron chi connectivity index (χ4n) is 2.38. The summed E-state index contributed by atoms with van der Waals surface area (Å²) in [5.74, 6) is -1.40. The lowest BCUT2D eigenvalue weighted by molar-refractivity contribution is -0.145. The molecule has 0 radical (unpaired) electrons. The lowest BCUT2D eigenvalue weighted by Crippen LogP contribution is -2.43. The molecule has 0 spiro atoms. The van der Waals surface area contributed by atoms with E-state index in [4.69, 9.17) is 5.73 Å². The number of aromatic nitrogens is 1. The van der Waals surface area contributed by atoms with E-state index in [0.29, 0.717) is 31.4 Å². The summed E-state index contributed by atoms with van der Waals surface area (Å²) in [6, 6.07) is 2.47. The van der Waals surface area contributed by atoms with Gasteiger partial charge >= 0.3 is 5.97 Å². The monoisotopic (exact) mass is 238 g/mol. The number of hydrogen-bond donors (Lipinski definition) is 2. The Kier molecular flexibility index (Phi) is 3.11. The minimum absolute atomic E-state index is 0.0380. The van der Waals surface area contributed by atoms with Gasteiger partial charge in [-0.1, -0.05) is 0 Å². The van der Waals surface area contributed by atoms with Crippen molar-refractivity contribution in [3.63, 3.8) is 0 Å². The first kappa shape index (κ1) is 12.0. The molecule has 1 fully saturated rings. The first-order chi connectivity index (χ1) is 8.04. The van der Waals surface area contributed by atoms with Gasteiger partial charge in [0.1, 0.15) is 11.2 Å². The van der Waals surface area contributed by atoms with Crippen LogP contribution in [-0.4, -0.2) is 22.1 Å². The van der Waals surface area contributed by atoms with E-state index in [0.717, 1.165) is 0 Å². The number of nitrogens with two attached hydrogens (primary N) is 1. The van der Waals surface area contributed by atoms with Gasteiger partial charge in [-0.05, 0) is 37.8 Å². The molecule has 1 saturated carbocycles. The molecule has 0 atom stereocenters. The standard InChI is InChI=1S/C12H15FN2O2/c13-8-3-6-15-10(7-8)12(11(16)17)4-1-9(14)2-5-12/h3,6-7,9H,1-2,4-5,14H2,(H,16,17). The minimum atomic E-state index is -1.07. The van der Waals surface area contributed by atoms with Gasteiger partial charge in [0.25, 0.3) is 0 Å². The molecule has 1 aromatic heterocycles.